The van der Waals surface area contributed by atoms with Crippen molar-refractivity contribution in [2.75, 3.05) is 6.26 Å². The Labute approximate surface area is 140 Å². The summed E-state index contributed by atoms with van der Waals surface area (Å²) in [5.41, 5.74) is 3.55. The van der Waals surface area contributed by atoms with Gasteiger partial charge in [-0.1, -0.05) is 44.2 Å². The minimum Gasteiger partial charge on any atom is -0.294 e. The van der Waals surface area contributed by atoms with E-state index in [0.717, 1.165) is 23.2 Å². The molecular weight excluding hydrogens is 304 g/mol. The Morgan fingerprint density at radius 2 is 1.87 bits per heavy atom. The number of ketones is 1. The number of carbonyl (C=O) groups is 1. The summed E-state index contributed by atoms with van der Waals surface area (Å²) in [4.78, 5) is 17.5. The molecule has 4 heteroatoms. The fourth-order valence-electron chi connectivity index (χ4n) is 3.22. The summed E-state index contributed by atoms with van der Waals surface area (Å²) in [6, 6.07) is 12.0. The Balaban J connectivity index is 2.38. The number of nitriles is 1. The highest BCUT2D eigenvalue weighted by Crippen LogP contribution is 2.41. The van der Waals surface area contributed by atoms with Crippen molar-refractivity contribution < 1.29 is 4.79 Å². The number of hydrogen-bond acceptors (Lipinski definition) is 4. The molecule has 0 atom stereocenters. The van der Waals surface area contributed by atoms with Crippen molar-refractivity contribution in [3.63, 3.8) is 0 Å². The molecule has 1 aromatic carbocycles. The van der Waals surface area contributed by atoms with E-state index in [1.54, 1.807) is 0 Å². The van der Waals surface area contributed by atoms with Crippen LogP contribution in [0, 0.1) is 16.7 Å². The minimum absolute atomic E-state index is 0.0884. The van der Waals surface area contributed by atoms with Crippen molar-refractivity contribution in [3.8, 4) is 17.2 Å². The van der Waals surface area contributed by atoms with Gasteiger partial charge in [0.1, 0.15) is 11.1 Å². The summed E-state index contributed by atoms with van der Waals surface area (Å²) in [7, 11) is 0. The van der Waals surface area contributed by atoms with Gasteiger partial charge in [-0.2, -0.15) is 5.26 Å². The van der Waals surface area contributed by atoms with Crippen LogP contribution in [0.15, 0.2) is 35.4 Å². The molecule has 1 aliphatic rings. The van der Waals surface area contributed by atoms with E-state index in [-0.39, 0.29) is 11.2 Å². The molecule has 1 aromatic heterocycles. The summed E-state index contributed by atoms with van der Waals surface area (Å²) in [6.07, 6.45) is 3.16. The lowest BCUT2D eigenvalue weighted by Gasteiger charge is -2.31. The van der Waals surface area contributed by atoms with Crippen LogP contribution in [0.5, 0.6) is 0 Å². The molecule has 3 rings (SSSR count). The lowest BCUT2D eigenvalue weighted by Crippen LogP contribution is -2.29. The highest BCUT2D eigenvalue weighted by Gasteiger charge is 2.35. The maximum Gasteiger partial charge on any atom is 0.165 e. The zero-order valence-corrected chi connectivity index (χ0v) is 14.3. The molecule has 0 saturated heterocycles. The quantitative estimate of drug-likeness (QED) is 0.764. The number of thioether (sulfide) groups is 1. The average molecular weight is 322 g/mol. The Kier molecular flexibility index (Phi) is 3.99. The van der Waals surface area contributed by atoms with Crippen molar-refractivity contribution in [1.82, 2.24) is 4.98 Å². The van der Waals surface area contributed by atoms with E-state index in [9.17, 15) is 10.1 Å². The van der Waals surface area contributed by atoms with Gasteiger partial charge in [-0.25, -0.2) is 4.98 Å². The third-order valence-electron chi connectivity index (χ3n) is 4.17. The monoisotopic (exact) mass is 322 g/mol. The van der Waals surface area contributed by atoms with Crippen molar-refractivity contribution >= 4 is 17.5 Å². The third-order valence-corrected chi connectivity index (χ3v) is 4.85. The number of nitrogens with zero attached hydrogens (tertiary/aromatic N) is 2. The molecule has 3 nitrogen and oxygen atoms in total. The van der Waals surface area contributed by atoms with E-state index in [1.807, 2.05) is 36.6 Å². The van der Waals surface area contributed by atoms with Gasteiger partial charge in [-0.15, -0.1) is 11.8 Å². The van der Waals surface area contributed by atoms with Crippen LogP contribution in [0.3, 0.4) is 0 Å². The molecule has 23 heavy (non-hydrogen) atoms. The van der Waals surface area contributed by atoms with Crippen LogP contribution in [-0.4, -0.2) is 17.0 Å². The van der Waals surface area contributed by atoms with Crippen LogP contribution in [0.2, 0.25) is 0 Å². The van der Waals surface area contributed by atoms with E-state index >= 15 is 0 Å². The SMILES string of the molecule is CSc1nc2c(c(-c3ccccc3)c1C#N)C(=O)CC(C)(C)C2. The second-order valence-corrected chi connectivity index (χ2v) is 7.41. The topological polar surface area (TPSA) is 53.8 Å². The van der Waals surface area contributed by atoms with Crippen molar-refractivity contribution in [3.05, 3.63) is 47.2 Å². The first-order valence-corrected chi connectivity index (χ1v) is 8.79. The van der Waals surface area contributed by atoms with Crippen LogP contribution in [-0.2, 0) is 6.42 Å². The van der Waals surface area contributed by atoms with Crippen molar-refractivity contribution in [2.45, 2.75) is 31.7 Å². The fraction of sp³-hybridized carbons (Fsp3) is 0.316. The second-order valence-electron chi connectivity index (χ2n) is 6.61. The van der Waals surface area contributed by atoms with Crippen LogP contribution in [0.4, 0.5) is 0 Å². The van der Waals surface area contributed by atoms with Crippen LogP contribution in [0.1, 0.15) is 41.9 Å². The van der Waals surface area contributed by atoms with Gasteiger partial charge >= 0.3 is 0 Å². The summed E-state index contributed by atoms with van der Waals surface area (Å²) in [5.74, 6) is 0.0896. The molecule has 0 aliphatic heterocycles. The molecule has 2 aromatic rings. The maximum absolute atomic E-state index is 12.8. The van der Waals surface area contributed by atoms with Gasteiger partial charge in [-0.3, -0.25) is 4.79 Å². The van der Waals surface area contributed by atoms with Gasteiger partial charge in [-0.05, 0) is 23.7 Å². The average Bonchev–Trinajstić information content (AvgIpc) is 2.52. The van der Waals surface area contributed by atoms with Gasteiger partial charge in [0.25, 0.3) is 0 Å². The summed E-state index contributed by atoms with van der Waals surface area (Å²) < 4.78 is 0. The first-order chi connectivity index (χ1) is 11.0. The molecule has 0 unspecified atom stereocenters. The minimum atomic E-state index is -0.0884. The smallest absolute Gasteiger partial charge is 0.165 e. The highest BCUT2D eigenvalue weighted by molar-refractivity contribution is 7.98. The van der Waals surface area contributed by atoms with Crippen LogP contribution < -0.4 is 0 Å². The van der Waals surface area contributed by atoms with Gasteiger partial charge in [0.15, 0.2) is 5.78 Å². The first kappa shape index (κ1) is 15.8. The Morgan fingerprint density at radius 3 is 2.48 bits per heavy atom. The molecule has 0 radical (unpaired) electrons. The van der Waals surface area contributed by atoms with E-state index < -0.39 is 0 Å². The molecule has 0 fully saturated rings. The number of pyridine rings is 1. The number of carbonyl (C=O) groups excluding carboxylic acids is 1. The molecule has 0 N–H and O–H groups in total. The Morgan fingerprint density at radius 1 is 1.17 bits per heavy atom. The van der Waals surface area contributed by atoms with Crippen molar-refractivity contribution in [2.24, 2.45) is 5.41 Å². The lowest BCUT2D eigenvalue weighted by molar-refractivity contribution is 0.0910. The Hall–Kier alpha value is -2.12. The summed E-state index contributed by atoms with van der Waals surface area (Å²) in [6.45, 7) is 4.18. The van der Waals surface area contributed by atoms with Gasteiger partial charge in [0, 0.05) is 17.5 Å². The summed E-state index contributed by atoms with van der Waals surface area (Å²) in [5, 5.41) is 10.4. The predicted octanol–water partition coefficient (Wildman–Crippen LogP) is 4.50. The fourth-order valence-corrected chi connectivity index (χ4v) is 3.78. The molecule has 0 spiro atoms. The molecular formula is C19H18N2OS. The molecule has 0 bridgehead atoms. The zero-order chi connectivity index (χ0) is 16.6. The zero-order valence-electron chi connectivity index (χ0n) is 13.5. The molecule has 0 saturated carbocycles. The molecule has 116 valence electrons. The summed E-state index contributed by atoms with van der Waals surface area (Å²) >= 11 is 1.46. The van der Waals surface area contributed by atoms with Gasteiger partial charge in [0.2, 0.25) is 0 Å². The van der Waals surface area contributed by atoms with Crippen molar-refractivity contribution in [1.29, 1.82) is 5.26 Å². The highest BCUT2D eigenvalue weighted by atomic mass is 32.2. The molecule has 1 heterocycles. The standard InChI is InChI=1S/C19H18N2OS/c1-19(2)9-14-17(15(22)10-19)16(12-7-5-4-6-8-12)13(11-20)18(21-14)23-3/h4-8H,9-10H2,1-3H3. The normalized spacial score (nSPS) is 15.8. The van der Waals surface area contributed by atoms with E-state index in [1.165, 1.54) is 11.8 Å². The molecule has 1 aliphatic carbocycles. The predicted molar refractivity (Wildman–Crippen MR) is 92.6 cm³/mol. The Bertz CT molecular complexity index is 819. The maximum atomic E-state index is 12.8. The van der Waals surface area contributed by atoms with Crippen LogP contribution in [0.25, 0.3) is 11.1 Å². The lowest BCUT2D eigenvalue weighted by atomic mass is 9.73. The van der Waals surface area contributed by atoms with E-state index in [2.05, 4.69) is 24.9 Å². The number of hydrogen-bond donors (Lipinski definition) is 0. The van der Waals surface area contributed by atoms with E-state index in [4.69, 9.17) is 0 Å². The first-order valence-electron chi connectivity index (χ1n) is 7.56. The number of Topliss-reactive ketones (excluding diaryl/α,β-unsaturated/α-hetero) is 1. The largest absolute Gasteiger partial charge is 0.294 e. The van der Waals surface area contributed by atoms with E-state index in [0.29, 0.717) is 22.6 Å². The number of aromatic nitrogens is 1. The third kappa shape index (κ3) is 2.77. The van der Waals surface area contributed by atoms with Gasteiger partial charge < -0.3 is 0 Å². The molecule has 0 amide bonds. The number of fused-ring (bicyclic) bond motifs is 1. The number of rotatable bonds is 2. The van der Waals surface area contributed by atoms with Gasteiger partial charge in [0.05, 0.1) is 11.3 Å². The second kappa shape index (κ2) is 5.82. The van der Waals surface area contributed by atoms with Crippen LogP contribution >= 0.6 is 11.8 Å². The number of benzene rings is 1.